The van der Waals surface area contributed by atoms with Crippen molar-refractivity contribution in [2.24, 2.45) is 20.0 Å². The maximum absolute atomic E-state index is 10.8. The van der Waals surface area contributed by atoms with Crippen molar-refractivity contribution in [3.8, 4) is 23.0 Å². The van der Waals surface area contributed by atoms with Gasteiger partial charge in [0, 0.05) is 99.5 Å². The molecule has 12 nitrogen and oxygen atoms in total. The molecular weight excluding hydrogens is 921 g/mol. The summed E-state index contributed by atoms with van der Waals surface area (Å²) in [5, 5.41) is 51.5. The summed E-state index contributed by atoms with van der Waals surface area (Å²) in [6, 6.07) is 47.0. The summed E-state index contributed by atoms with van der Waals surface area (Å²) in [6.45, 7) is 12.5. The van der Waals surface area contributed by atoms with Gasteiger partial charge in [0.05, 0.1) is 26.2 Å². The van der Waals surface area contributed by atoms with Crippen molar-refractivity contribution < 1.29 is 20.4 Å². The van der Waals surface area contributed by atoms with E-state index in [0.717, 1.165) is 157 Å². The molecule has 0 amide bonds. The van der Waals surface area contributed by atoms with Gasteiger partial charge in [-0.25, -0.2) is 0 Å². The zero-order chi connectivity index (χ0) is 50.9. The molecule has 1 fully saturated rings. The molecule has 380 valence electrons. The minimum atomic E-state index is 0.227. The SMILES string of the molecule is Oc1ccc2ccccc2c1C=NCCN1CCCN(CCN=Cc2c(O)ccc3ccccc23)CCN(CCN=Cc2c(O)ccc3ccccc23)CCCN(CCN=Cc2c(O)ccc3ccccc23)CC1. The Hall–Kier alpha value is -7.48. The first-order valence-electron chi connectivity index (χ1n) is 26.1. The van der Waals surface area contributed by atoms with Crippen LogP contribution in [0.25, 0.3) is 43.1 Å². The summed E-state index contributed by atoms with van der Waals surface area (Å²) < 4.78 is 0. The van der Waals surface area contributed by atoms with Gasteiger partial charge in [0.25, 0.3) is 0 Å². The summed E-state index contributed by atoms with van der Waals surface area (Å²) in [6.07, 6.45) is 9.21. The lowest BCUT2D eigenvalue weighted by atomic mass is 10.0. The number of phenols is 4. The van der Waals surface area contributed by atoms with Gasteiger partial charge in [-0.3, -0.25) is 20.0 Å². The highest BCUT2D eigenvalue weighted by Crippen LogP contribution is 2.29. The van der Waals surface area contributed by atoms with Crippen LogP contribution in [-0.4, -0.2) is 170 Å². The van der Waals surface area contributed by atoms with E-state index in [1.54, 1.807) is 24.3 Å². The first kappa shape index (κ1) is 51.4. The molecule has 12 heteroatoms. The second kappa shape index (κ2) is 26.0. The number of nitrogens with zero attached hydrogens (tertiary/aromatic N) is 8. The molecule has 1 aliphatic rings. The smallest absolute Gasteiger partial charge is 0.124 e. The predicted molar refractivity (Wildman–Crippen MR) is 307 cm³/mol. The molecule has 8 aromatic carbocycles. The molecule has 74 heavy (non-hydrogen) atoms. The zero-order valence-electron chi connectivity index (χ0n) is 42.3. The fourth-order valence-corrected chi connectivity index (χ4v) is 10.0. The number of benzene rings is 8. The third-order valence-electron chi connectivity index (χ3n) is 14.2. The predicted octanol–water partition coefficient (Wildman–Crippen LogP) is 9.90. The Balaban J connectivity index is 0.913. The standard InChI is InChI=1S/C62H68N8O4/c71-59-23-19-47-11-1-5-15-51(47)55(59)43-63-27-35-67-31-9-32-69(37-29-65-45-57-53-17-7-3-13-49(53)21-25-61(57)73)41-42-70(38-30-66-46-58-54-18-8-4-14-50(54)22-26-62(58)74)34-10-33-68(40-39-67)36-28-64-44-56-52-16-6-2-12-48(52)20-24-60(56)72/h1-8,11-26,43-46,71-74H,9-10,27-42H2. The Morgan fingerprint density at radius 3 is 0.770 bits per heavy atom. The van der Waals surface area contributed by atoms with Gasteiger partial charge >= 0.3 is 0 Å². The minimum Gasteiger partial charge on any atom is -0.507 e. The van der Waals surface area contributed by atoms with E-state index in [1.807, 2.05) is 122 Å². The van der Waals surface area contributed by atoms with Crippen LogP contribution in [-0.2, 0) is 0 Å². The van der Waals surface area contributed by atoms with Gasteiger partial charge in [-0.2, -0.15) is 0 Å². The van der Waals surface area contributed by atoms with Crippen LogP contribution < -0.4 is 0 Å². The van der Waals surface area contributed by atoms with Crippen molar-refractivity contribution in [3.63, 3.8) is 0 Å². The molecular formula is C62H68N8O4. The average Bonchev–Trinajstić information content (AvgIpc) is 3.42. The van der Waals surface area contributed by atoms with Gasteiger partial charge in [0.2, 0.25) is 0 Å². The van der Waals surface area contributed by atoms with Crippen LogP contribution in [0.2, 0.25) is 0 Å². The van der Waals surface area contributed by atoms with E-state index in [2.05, 4.69) is 43.9 Å². The highest BCUT2D eigenvalue weighted by Gasteiger charge is 2.16. The van der Waals surface area contributed by atoms with Gasteiger partial charge in [0.15, 0.2) is 0 Å². The van der Waals surface area contributed by atoms with Gasteiger partial charge in [0.1, 0.15) is 23.0 Å². The Morgan fingerprint density at radius 2 is 0.527 bits per heavy atom. The second-order valence-electron chi connectivity index (χ2n) is 19.1. The molecule has 9 rings (SSSR count). The van der Waals surface area contributed by atoms with E-state index < -0.39 is 0 Å². The van der Waals surface area contributed by atoms with E-state index in [1.165, 1.54) is 0 Å². The molecule has 0 bridgehead atoms. The van der Waals surface area contributed by atoms with Gasteiger partial charge < -0.3 is 40.0 Å². The third-order valence-corrected chi connectivity index (χ3v) is 14.2. The summed E-state index contributed by atoms with van der Waals surface area (Å²) in [4.78, 5) is 29.6. The zero-order valence-corrected chi connectivity index (χ0v) is 42.3. The largest absolute Gasteiger partial charge is 0.507 e. The number of hydrogen-bond donors (Lipinski definition) is 4. The van der Waals surface area contributed by atoms with Crippen LogP contribution in [0.3, 0.4) is 0 Å². The minimum absolute atomic E-state index is 0.227. The van der Waals surface area contributed by atoms with Crippen molar-refractivity contribution >= 4 is 67.9 Å². The molecule has 1 aliphatic heterocycles. The molecule has 0 unspecified atom stereocenters. The normalized spacial score (nSPS) is 15.8. The molecule has 0 aliphatic carbocycles. The Bertz CT molecular complexity index is 2830. The fourth-order valence-electron chi connectivity index (χ4n) is 10.0. The lowest BCUT2D eigenvalue weighted by Gasteiger charge is -2.31. The molecule has 0 spiro atoms. The van der Waals surface area contributed by atoms with Crippen molar-refractivity contribution in [3.05, 3.63) is 168 Å². The second-order valence-corrected chi connectivity index (χ2v) is 19.1. The van der Waals surface area contributed by atoms with Crippen LogP contribution in [0.4, 0.5) is 0 Å². The third kappa shape index (κ3) is 13.6. The molecule has 4 N–H and O–H groups in total. The summed E-state index contributed by atoms with van der Waals surface area (Å²) >= 11 is 0. The fraction of sp³-hybridized carbons (Fsp3) is 0.290. The van der Waals surface area contributed by atoms with Crippen LogP contribution in [0.1, 0.15) is 35.1 Å². The van der Waals surface area contributed by atoms with Crippen molar-refractivity contribution in [1.29, 1.82) is 0 Å². The molecule has 0 radical (unpaired) electrons. The maximum atomic E-state index is 10.8. The van der Waals surface area contributed by atoms with E-state index in [4.69, 9.17) is 20.0 Å². The van der Waals surface area contributed by atoms with Gasteiger partial charge in [-0.1, -0.05) is 121 Å². The number of phenolic OH excluding ortho intramolecular Hbond substituents is 4. The number of fused-ring (bicyclic) bond motifs is 4. The lowest BCUT2D eigenvalue weighted by molar-refractivity contribution is 0.164. The average molecular weight is 989 g/mol. The van der Waals surface area contributed by atoms with Crippen LogP contribution in [0, 0.1) is 0 Å². The van der Waals surface area contributed by atoms with E-state index in [9.17, 15) is 20.4 Å². The molecule has 1 saturated heterocycles. The molecule has 0 saturated carbocycles. The van der Waals surface area contributed by atoms with Crippen LogP contribution in [0.15, 0.2) is 166 Å². The van der Waals surface area contributed by atoms with Crippen molar-refractivity contribution in [2.75, 3.05) is 105 Å². The summed E-state index contributed by atoms with van der Waals surface area (Å²) in [5.74, 6) is 0.909. The van der Waals surface area contributed by atoms with E-state index in [-0.39, 0.29) is 23.0 Å². The highest BCUT2D eigenvalue weighted by molar-refractivity contribution is 6.05. The quantitative estimate of drug-likeness (QED) is 0.0702. The first-order valence-corrected chi connectivity index (χ1v) is 26.1. The lowest BCUT2D eigenvalue weighted by Crippen LogP contribution is -2.43. The Morgan fingerprint density at radius 1 is 0.297 bits per heavy atom. The van der Waals surface area contributed by atoms with Crippen molar-refractivity contribution in [1.82, 2.24) is 19.6 Å². The molecule has 8 aromatic rings. The molecule has 1 heterocycles. The van der Waals surface area contributed by atoms with E-state index >= 15 is 0 Å². The highest BCUT2D eigenvalue weighted by atomic mass is 16.3. The van der Waals surface area contributed by atoms with Crippen LogP contribution in [0.5, 0.6) is 23.0 Å². The Kier molecular flexibility index (Phi) is 18.0. The Labute approximate surface area is 434 Å². The number of aliphatic imine (C=N–C) groups is 4. The summed E-state index contributed by atoms with van der Waals surface area (Å²) in [7, 11) is 0. The monoisotopic (exact) mass is 989 g/mol. The first-order chi connectivity index (χ1) is 36.4. The molecule has 0 aromatic heterocycles. The van der Waals surface area contributed by atoms with Crippen LogP contribution >= 0.6 is 0 Å². The molecule has 0 atom stereocenters. The topological polar surface area (TPSA) is 143 Å². The number of hydrogen-bond acceptors (Lipinski definition) is 12. The number of rotatable bonds is 16. The number of aromatic hydroxyl groups is 4. The van der Waals surface area contributed by atoms with Gasteiger partial charge in [-0.05, 0) is 106 Å². The van der Waals surface area contributed by atoms with Gasteiger partial charge in [-0.15, -0.1) is 0 Å². The van der Waals surface area contributed by atoms with E-state index in [0.29, 0.717) is 26.2 Å². The summed E-state index contributed by atoms with van der Waals surface area (Å²) in [5.41, 5.74) is 2.97. The van der Waals surface area contributed by atoms with Crippen molar-refractivity contribution in [2.45, 2.75) is 12.8 Å². The maximum Gasteiger partial charge on any atom is 0.124 e.